The van der Waals surface area contributed by atoms with Crippen molar-refractivity contribution in [2.75, 3.05) is 44.1 Å². The minimum atomic E-state index is -0.0276. The lowest BCUT2D eigenvalue weighted by Crippen LogP contribution is -2.22. The van der Waals surface area contributed by atoms with Crippen LogP contribution in [0.4, 0.5) is 11.4 Å². The van der Waals surface area contributed by atoms with Crippen molar-refractivity contribution in [3.63, 3.8) is 0 Å². The summed E-state index contributed by atoms with van der Waals surface area (Å²) in [5.74, 6) is -0.0276. The van der Waals surface area contributed by atoms with E-state index in [2.05, 4.69) is 10.2 Å². The van der Waals surface area contributed by atoms with Gasteiger partial charge in [-0.2, -0.15) is 0 Å². The Hall–Kier alpha value is -1.59. The molecule has 0 aliphatic carbocycles. The fourth-order valence-corrected chi connectivity index (χ4v) is 2.33. The van der Waals surface area contributed by atoms with Crippen molar-refractivity contribution >= 4 is 17.3 Å². The van der Waals surface area contributed by atoms with E-state index in [0.29, 0.717) is 19.1 Å². The van der Waals surface area contributed by atoms with Crippen molar-refractivity contribution in [1.29, 1.82) is 0 Å². The zero-order chi connectivity index (χ0) is 14.4. The van der Waals surface area contributed by atoms with E-state index < -0.39 is 0 Å². The first kappa shape index (κ1) is 14.8. The number of hydrogen-bond acceptors (Lipinski definition) is 4. The molecule has 0 aromatic heterocycles. The number of carbonyl (C=O) groups is 1. The van der Waals surface area contributed by atoms with Gasteiger partial charge in [0, 0.05) is 38.7 Å². The van der Waals surface area contributed by atoms with E-state index >= 15 is 0 Å². The number of nitrogens with one attached hydrogen (secondary N) is 1. The zero-order valence-corrected chi connectivity index (χ0v) is 12.1. The van der Waals surface area contributed by atoms with Crippen molar-refractivity contribution in [3.8, 4) is 0 Å². The molecule has 1 saturated heterocycles. The molecule has 2 rings (SSSR count). The van der Waals surface area contributed by atoms with Gasteiger partial charge in [0.1, 0.15) is 0 Å². The second-order valence-electron chi connectivity index (χ2n) is 4.93. The maximum atomic E-state index is 11.6. The topological polar surface area (TPSA) is 50.8 Å². The number of rotatable bonds is 6. The van der Waals surface area contributed by atoms with Crippen LogP contribution < -0.4 is 10.2 Å². The summed E-state index contributed by atoms with van der Waals surface area (Å²) < 4.78 is 10.2. The maximum Gasteiger partial charge on any atom is 0.226 e. The zero-order valence-electron chi connectivity index (χ0n) is 12.1. The van der Waals surface area contributed by atoms with Gasteiger partial charge in [-0.1, -0.05) is 0 Å². The Morgan fingerprint density at radius 3 is 2.70 bits per heavy atom. The van der Waals surface area contributed by atoms with E-state index in [-0.39, 0.29) is 5.91 Å². The van der Waals surface area contributed by atoms with E-state index in [1.54, 1.807) is 14.2 Å². The van der Waals surface area contributed by atoms with E-state index in [9.17, 15) is 4.79 Å². The third-order valence-corrected chi connectivity index (χ3v) is 3.53. The molecule has 1 heterocycles. The maximum absolute atomic E-state index is 11.6. The highest BCUT2D eigenvalue weighted by Crippen LogP contribution is 2.23. The fourth-order valence-electron chi connectivity index (χ4n) is 2.33. The largest absolute Gasteiger partial charge is 0.384 e. The molecule has 1 aromatic rings. The Bertz CT molecular complexity index is 433. The Labute approximate surface area is 119 Å². The van der Waals surface area contributed by atoms with Crippen LogP contribution in [0.25, 0.3) is 0 Å². The Balaban J connectivity index is 1.88. The average molecular weight is 278 g/mol. The first-order valence-corrected chi connectivity index (χ1v) is 6.89. The molecular formula is C15H22N2O3. The molecule has 20 heavy (non-hydrogen) atoms. The fraction of sp³-hybridized carbons (Fsp3) is 0.533. The molecule has 1 atom stereocenters. The molecule has 1 aliphatic heterocycles. The molecule has 1 amide bonds. The van der Waals surface area contributed by atoms with E-state index in [0.717, 1.165) is 25.2 Å². The summed E-state index contributed by atoms with van der Waals surface area (Å²) in [4.78, 5) is 13.9. The van der Waals surface area contributed by atoms with Crippen molar-refractivity contribution in [2.24, 2.45) is 0 Å². The molecule has 0 radical (unpaired) electrons. The summed E-state index contributed by atoms with van der Waals surface area (Å²) >= 11 is 0. The second-order valence-corrected chi connectivity index (χ2v) is 4.93. The first-order valence-electron chi connectivity index (χ1n) is 6.89. The second kappa shape index (κ2) is 7.26. The molecule has 1 aliphatic rings. The van der Waals surface area contributed by atoms with Crippen LogP contribution in [-0.4, -0.2) is 45.9 Å². The van der Waals surface area contributed by atoms with Crippen LogP contribution in [0.1, 0.15) is 12.8 Å². The number of hydrogen-bond donors (Lipinski definition) is 1. The van der Waals surface area contributed by atoms with Gasteiger partial charge in [0.25, 0.3) is 0 Å². The lowest BCUT2D eigenvalue weighted by Gasteiger charge is -2.18. The standard InChI is InChI=1S/C15H22N2O3/c1-19-10-8-15(18)16-12-3-5-13(6-4-12)17-9-7-14(11-17)20-2/h3-6,14H,7-11H2,1-2H3,(H,16,18). The monoisotopic (exact) mass is 278 g/mol. The lowest BCUT2D eigenvalue weighted by molar-refractivity contribution is -0.117. The molecule has 0 spiro atoms. The number of amides is 1. The van der Waals surface area contributed by atoms with Crippen LogP contribution in [-0.2, 0) is 14.3 Å². The molecule has 1 unspecified atom stereocenters. The number of anilines is 2. The summed E-state index contributed by atoms with van der Waals surface area (Å²) in [6.45, 7) is 2.38. The Kier molecular flexibility index (Phi) is 5.38. The Morgan fingerprint density at radius 2 is 2.10 bits per heavy atom. The van der Waals surface area contributed by atoms with Crippen molar-refractivity contribution in [1.82, 2.24) is 0 Å². The molecule has 5 nitrogen and oxygen atoms in total. The van der Waals surface area contributed by atoms with Gasteiger partial charge < -0.3 is 19.7 Å². The first-order chi connectivity index (χ1) is 9.72. The van der Waals surface area contributed by atoms with Gasteiger partial charge in [-0.15, -0.1) is 0 Å². The minimum Gasteiger partial charge on any atom is -0.384 e. The summed E-state index contributed by atoms with van der Waals surface area (Å²) in [5.41, 5.74) is 1.98. The van der Waals surface area contributed by atoms with Gasteiger partial charge in [0.05, 0.1) is 19.1 Å². The van der Waals surface area contributed by atoms with Crippen LogP contribution in [0.3, 0.4) is 0 Å². The van der Waals surface area contributed by atoms with Crippen LogP contribution in [0.15, 0.2) is 24.3 Å². The third-order valence-electron chi connectivity index (χ3n) is 3.53. The van der Waals surface area contributed by atoms with Gasteiger partial charge >= 0.3 is 0 Å². The van der Waals surface area contributed by atoms with Crippen molar-refractivity contribution in [3.05, 3.63) is 24.3 Å². The van der Waals surface area contributed by atoms with Crippen LogP contribution >= 0.6 is 0 Å². The van der Waals surface area contributed by atoms with Gasteiger partial charge in [0.15, 0.2) is 0 Å². The lowest BCUT2D eigenvalue weighted by atomic mass is 10.2. The molecule has 5 heteroatoms. The van der Waals surface area contributed by atoms with Gasteiger partial charge in [0.2, 0.25) is 5.91 Å². The van der Waals surface area contributed by atoms with Crippen molar-refractivity contribution in [2.45, 2.75) is 18.9 Å². The van der Waals surface area contributed by atoms with E-state index in [1.165, 1.54) is 5.69 Å². The molecule has 0 bridgehead atoms. The number of carbonyl (C=O) groups excluding carboxylic acids is 1. The van der Waals surface area contributed by atoms with Gasteiger partial charge in [-0.3, -0.25) is 4.79 Å². The molecule has 1 aromatic carbocycles. The van der Waals surface area contributed by atoms with Gasteiger partial charge in [-0.25, -0.2) is 0 Å². The molecule has 1 N–H and O–H groups in total. The normalized spacial score (nSPS) is 18.3. The van der Waals surface area contributed by atoms with E-state index in [1.807, 2.05) is 24.3 Å². The SMILES string of the molecule is COCCC(=O)Nc1ccc(N2CCC(OC)C2)cc1. The number of methoxy groups -OCH3 is 2. The average Bonchev–Trinajstić information content (AvgIpc) is 2.95. The molecule has 110 valence electrons. The van der Waals surface area contributed by atoms with Crippen LogP contribution in [0.2, 0.25) is 0 Å². The molecule has 0 saturated carbocycles. The quantitative estimate of drug-likeness (QED) is 0.863. The van der Waals surface area contributed by atoms with E-state index in [4.69, 9.17) is 9.47 Å². The third kappa shape index (κ3) is 3.95. The summed E-state index contributed by atoms with van der Waals surface area (Å²) in [6.07, 6.45) is 1.76. The summed E-state index contributed by atoms with van der Waals surface area (Å²) in [7, 11) is 3.35. The molecular weight excluding hydrogens is 256 g/mol. The highest BCUT2D eigenvalue weighted by molar-refractivity contribution is 5.90. The summed E-state index contributed by atoms with van der Waals surface area (Å²) in [5, 5.41) is 2.85. The minimum absolute atomic E-state index is 0.0276. The van der Waals surface area contributed by atoms with Crippen LogP contribution in [0, 0.1) is 0 Å². The predicted molar refractivity (Wildman–Crippen MR) is 79.2 cm³/mol. The predicted octanol–water partition coefficient (Wildman–Crippen LogP) is 1.89. The number of nitrogens with zero attached hydrogens (tertiary/aromatic N) is 1. The van der Waals surface area contributed by atoms with Crippen molar-refractivity contribution < 1.29 is 14.3 Å². The number of ether oxygens (including phenoxy) is 2. The number of benzene rings is 1. The summed E-state index contributed by atoms with van der Waals surface area (Å²) in [6, 6.07) is 7.92. The highest BCUT2D eigenvalue weighted by atomic mass is 16.5. The highest BCUT2D eigenvalue weighted by Gasteiger charge is 2.21. The molecule has 1 fully saturated rings. The smallest absolute Gasteiger partial charge is 0.226 e. The van der Waals surface area contributed by atoms with Crippen LogP contribution in [0.5, 0.6) is 0 Å². The Morgan fingerprint density at radius 1 is 1.35 bits per heavy atom. The van der Waals surface area contributed by atoms with Gasteiger partial charge in [-0.05, 0) is 30.7 Å².